The minimum absolute atomic E-state index is 0.0248. The van der Waals surface area contributed by atoms with Crippen molar-refractivity contribution < 1.29 is 26.8 Å². The van der Waals surface area contributed by atoms with Crippen LogP contribution in [0.5, 0.6) is 0 Å². The minimum atomic E-state index is -3.16. The molecule has 3 N–H and O–H groups in total. The van der Waals surface area contributed by atoms with E-state index < -0.39 is 33.3 Å². The highest BCUT2D eigenvalue weighted by atomic mass is 32.2. The van der Waals surface area contributed by atoms with Gasteiger partial charge in [-0.05, 0) is 55.7 Å². The molecule has 0 saturated carbocycles. The maximum atomic E-state index is 14.7. The van der Waals surface area contributed by atoms with Crippen molar-refractivity contribution in [1.29, 1.82) is 0 Å². The molecule has 0 aliphatic carbocycles. The van der Waals surface area contributed by atoms with E-state index >= 15 is 0 Å². The maximum absolute atomic E-state index is 14.7. The van der Waals surface area contributed by atoms with Gasteiger partial charge in [-0.2, -0.15) is 0 Å². The molecular weight excluding hydrogens is 428 g/mol. The molecule has 0 aromatic heterocycles. The number of nitrogens with two attached hydrogens (primary N) is 1. The van der Waals surface area contributed by atoms with Gasteiger partial charge in [0.2, 0.25) is 5.91 Å². The van der Waals surface area contributed by atoms with Gasteiger partial charge in [0, 0.05) is 22.7 Å². The first kappa shape index (κ1) is 22.8. The van der Waals surface area contributed by atoms with E-state index in [0.717, 1.165) is 6.07 Å². The van der Waals surface area contributed by atoms with Crippen LogP contribution in [0, 0.1) is 24.5 Å². The van der Waals surface area contributed by atoms with Crippen LogP contribution >= 0.6 is 0 Å². The lowest BCUT2D eigenvalue weighted by Crippen LogP contribution is -2.39. The van der Waals surface area contributed by atoms with E-state index in [4.69, 9.17) is 5.84 Å². The summed E-state index contributed by atoms with van der Waals surface area (Å²) >= 11 is 0. The summed E-state index contributed by atoms with van der Waals surface area (Å²) in [6.45, 7) is 1.39. The number of nitrogens with zero attached hydrogens (tertiary/aromatic N) is 1. The summed E-state index contributed by atoms with van der Waals surface area (Å²) in [4.78, 5) is 26.2. The summed E-state index contributed by atoms with van der Waals surface area (Å²) in [6.07, 6.45) is 0.353. The summed E-state index contributed by atoms with van der Waals surface area (Å²) in [7, 11) is -3.16. The average Bonchev–Trinajstić information content (AvgIpc) is 2.74. The Balaban J connectivity index is 1.93. The number of carbonyl (C=O) groups excluding carboxylic acids is 2. The van der Waals surface area contributed by atoms with Crippen molar-refractivity contribution in [2.24, 2.45) is 11.8 Å². The summed E-state index contributed by atoms with van der Waals surface area (Å²) in [5.41, 5.74) is 2.78. The standard InChI is InChI=1S/C21H23F2N3O4S/c1-13-10-17(4-5-18(13)22)26(21(28)14-6-8-31(29,30)9-7-14)12-16-3-2-15(11-19(16)23)20(27)25-24/h2-5,10-11,14H,6-9,12,24H2,1H3,(H,25,27). The predicted octanol–water partition coefficient (Wildman–Crippen LogP) is 2.23. The number of rotatable bonds is 5. The van der Waals surface area contributed by atoms with Crippen LogP contribution in [0.2, 0.25) is 0 Å². The van der Waals surface area contributed by atoms with Crippen LogP contribution in [-0.2, 0) is 21.2 Å². The quantitative estimate of drug-likeness (QED) is 0.412. The Hall–Kier alpha value is -2.85. The number of nitrogens with one attached hydrogen (secondary N) is 1. The second-order valence-electron chi connectivity index (χ2n) is 7.56. The third kappa shape index (κ3) is 5.26. The molecule has 1 heterocycles. The number of halogens is 2. The number of carbonyl (C=O) groups is 2. The largest absolute Gasteiger partial charge is 0.308 e. The van der Waals surface area contributed by atoms with Crippen LogP contribution in [0.1, 0.15) is 34.3 Å². The molecule has 0 radical (unpaired) electrons. The van der Waals surface area contributed by atoms with E-state index in [1.165, 1.54) is 35.2 Å². The minimum Gasteiger partial charge on any atom is -0.308 e. The topological polar surface area (TPSA) is 110 Å². The molecule has 10 heteroatoms. The van der Waals surface area contributed by atoms with Crippen LogP contribution in [0.4, 0.5) is 14.5 Å². The molecule has 0 unspecified atom stereocenters. The zero-order valence-electron chi connectivity index (χ0n) is 16.9. The molecule has 166 valence electrons. The highest BCUT2D eigenvalue weighted by molar-refractivity contribution is 7.91. The molecule has 1 aliphatic rings. The lowest BCUT2D eigenvalue weighted by Gasteiger charge is -2.30. The second-order valence-corrected chi connectivity index (χ2v) is 9.87. The monoisotopic (exact) mass is 451 g/mol. The van der Waals surface area contributed by atoms with Crippen molar-refractivity contribution >= 4 is 27.3 Å². The Bertz CT molecular complexity index is 1110. The number of sulfone groups is 1. The molecule has 1 aliphatic heterocycles. The first-order valence-corrected chi connectivity index (χ1v) is 11.5. The van der Waals surface area contributed by atoms with Gasteiger partial charge in [-0.15, -0.1) is 0 Å². The number of amides is 2. The molecular formula is C21H23F2N3O4S. The molecule has 0 bridgehead atoms. The van der Waals surface area contributed by atoms with Crippen molar-refractivity contribution in [3.05, 3.63) is 64.7 Å². The molecule has 0 atom stereocenters. The Morgan fingerprint density at radius 3 is 2.35 bits per heavy atom. The molecule has 2 aromatic carbocycles. The molecule has 2 aromatic rings. The Morgan fingerprint density at radius 1 is 1.10 bits per heavy atom. The van der Waals surface area contributed by atoms with Crippen LogP contribution < -0.4 is 16.2 Å². The fraction of sp³-hybridized carbons (Fsp3) is 0.333. The molecule has 0 spiro atoms. The van der Waals surface area contributed by atoms with E-state index in [1.807, 2.05) is 5.43 Å². The number of aryl methyl sites for hydroxylation is 1. The van der Waals surface area contributed by atoms with Gasteiger partial charge in [0.25, 0.3) is 5.91 Å². The summed E-state index contributed by atoms with van der Waals surface area (Å²) < 4.78 is 51.9. The smallest absolute Gasteiger partial charge is 0.265 e. The molecule has 1 saturated heterocycles. The van der Waals surface area contributed by atoms with E-state index in [1.54, 1.807) is 6.92 Å². The average molecular weight is 451 g/mol. The number of hydrogen-bond acceptors (Lipinski definition) is 5. The van der Waals surface area contributed by atoms with Gasteiger partial charge in [0.05, 0.1) is 18.1 Å². The first-order valence-electron chi connectivity index (χ1n) is 9.68. The third-order valence-corrected chi connectivity index (χ3v) is 7.11. The number of hydrazine groups is 1. The van der Waals surface area contributed by atoms with Crippen LogP contribution in [0.3, 0.4) is 0 Å². The second kappa shape index (κ2) is 9.11. The highest BCUT2D eigenvalue weighted by Crippen LogP contribution is 2.28. The molecule has 2 amide bonds. The number of benzene rings is 2. The Labute approximate surface area is 179 Å². The number of nitrogen functional groups attached to an aromatic ring is 1. The zero-order valence-corrected chi connectivity index (χ0v) is 17.7. The van der Waals surface area contributed by atoms with Gasteiger partial charge in [0.15, 0.2) is 0 Å². The summed E-state index contributed by atoms with van der Waals surface area (Å²) in [5, 5.41) is 0. The van der Waals surface area contributed by atoms with E-state index in [-0.39, 0.29) is 47.9 Å². The van der Waals surface area contributed by atoms with Gasteiger partial charge in [0.1, 0.15) is 21.5 Å². The summed E-state index contributed by atoms with van der Waals surface area (Å²) in [6, 6.07) is 7.91. The van der Waals surface area contributed by atoms with Gasteiger partial charge in [-0.3, -0.25) is 15.0 Å². The zero-order chi connectivity index (χ0) is 22.8. The highest BCUT2D eigenvalue weighted by Gasteiger charge is 2.32. The fourth-order valence-corrected chi connectivity index (χ4v) is 5.01. The normalized spacial score (nSPS) is 16.0. The maximum Gasteiger partial charge on any atom is 0.265 e. The van der Waals surface area contributed by atoms with Crippen molar-refractivity contribution in [3.63, 3.8) is 0 Å². The SMILES string of the molecule is Cc1cc(N(Cc2ccc(C(=O)NN)cc2F)C(=O)C2CCS(=O)(=O)CC2)ccc1F. The van der Waals surface area contributed by atoms with Crippen molar-refractivity contribution in [2.75, 3.05) is 16.4 Å². The van der Waals surface area contributed by atoms with Gasteiger partial charge in [-0.1, -0.05) is 6.07 Å². The van der Waals surface area contributed by atoms with Gasteiger partial charge >= 0.3 is 0 Å². The van der Waals surface area contributed by atoms with Crippen molar-refractivity contribution in [3.8, 4) is 0 Å². The van der Waals surface area contributed by atoms with Crippen molar-refractivity contribution in [1.82, 2.24) is 5.43 Å². The molecule has 31 heavy (non-hydrogen) atoms. The number of anilines is 1. The predicted molar refractivity (Wildman–Crippen MR) is 112 cm³/mol. The molecule has 3 rings (SSSR count). The van der Waals surface area contributed by atoms with Crippen LogP contribution in [0.15, 0.2) is 36.4 Å². The van der Waals surface area contributed by atoms with Gasteiger partial charge in [-0.25, -0.2) is 23.0 Å². The van der Waals surface area contributed by atoms with E-state index in [9.17, 15) is 26.8 Å². The van der Waals surface area contributed by atoms with E-state index in [2.05, 4.69) is 0 Å². The fourth-order valence-electron chi connectivity index (χ4n) is 3.52. The van der Waals surface area contributed by atoms with E-state index in [0.29, 0.717) is 11.3 Å². The number of hydrogen-bond donors (Lipinski definition) is 2. The molecule has 1 fully saturated rings. The van der Waals surface area contributed by atoms with Crippen LogP contribution in [-0.4, -0.2) is 31.7 Å². The third-order valence-electron chi connectivity index (χ3n) is 5.40. The molecule has 7 nitrogen and oxygen atoms in total. The lowest BCUT2D eigenvalue weighted by molar-refractivity contribution is -0.122. The van der Waals surface area contributed by atoms with Gasteiger partial charge < -0.3 is 4.90 Å². The first-order chi connectivity index (χ1) is 14.6. The van der Waals surface area contributed by atoms with Crippen LogP contribution in [0.25, 0.3) is 0 Å². The Kier molecular flexibility index (Phi) is 6.71. The lowest BCUT2D eigenvalue weighted by atomic mass is 9.99. The Morgan fingerprint density at radius 2 is 1.77 bits per heavy atom. The van der Waals surface area contributed by atoms with Crippen molar-refractivity contribution in [2.45, 2.75) is 26.3 Å². The summed E-state index contributed by atoms with van der Waals surface area (Å²) in [5.74, 6) is 2.19.